The molecule has 1 N–H and O–H groups in total. The van der Waals surface area contributed by atoms with E-state index in [0.717, 1.165) is 17.9 Å². The number of anilines is 1. The van der Waals surface area contributed by atoms with Crippen LogP contribution >= 0.6 is 0 Å². The van der Waals surface area contributed by atoms with Crippen LogP contribution in [0.1, 0.15) is 18.4 Å². The molecular formula is C16H19N3O2. The van der Waals surface area contributed by atoms with Gasteiger partial charge in [-0.3, -0.25) is 4.79 Å². The van der Waals surface area contributed by atoms with E-state index in [1.54, 1.807) is 6.20 Å². The van der Waals surface area contributed by atoms with Crippen molar-refractivity contribution < 1.29 is 9.53 Å². The molecule has 1 aliphatic carbocycles. The van der Waals surface area contributed by atoms with E-state index in [2.05, 4.69) is 10.4 Å². The average molecular weight is 285 g/mol. The highest BCUT2D eigenvalue weighted by molar-refractivity contribution is 5.91. The molecule has 3 rings (SSSR count). The van der Waals surface area contributed by atoms with Crippen LogP contribution in [0.25, 0.3) is 0 Å². The number of carbonyl (C=O) groups is 1. The molecule has 0 bridgehead atoms. The molecule has 1 heterocycles. The quantitative estimate of drug-likeness (QED) is 0.887. The van der Waals surface area contributed by atoms with Gasteiger partial charge in [0.2, 0.25) is 0 Å². The second-order valence-electron chi connectivity index (χ2n) is 5.45. The maximum absolute atomic E-state index is 12.0. The van der Waals surface area contributed by atoms with Gasteiger partial charge in [0.1, 0.15) is 11.6 Å². The highest BCUT2D eigenvalue weighted by Gasteiger charge is 2.24. The van der Waals surface area contributed by atoms with Crippen molar-refractivity contribution in [2.75, 3.05) is 11.9 Å². The molecule has 0 radical (unpaired) electrons. The number of hydrogen-bond donors (Lipinski definition) is 1. The van der Waals surface area contributed by atoms with Crippen molar-refractivity contribution in [2.45, 2.75) is 26.3 Å². The van der Waals surface area contributed by atoms with Crippen molar-refractivity contribution in [1.82, 2.24) is 9.78 Å². The van der Waals surface area contributed by atoms with E-state index < -0.39 is 0 Å². The molecule has 0 saturated heterocycles. The summed E-state index contributed by atoms with van der Waals surface area (Å²) in [7, 11) is 0. The first-order valence-electron chi connectivity index (χ1n) is 7.22. The van der Waals surface area contributed by atoms with Gasteiger partial charge in [-0.2, -0.15) is 5.10 Å². The minimum atomic E-state index is -0.167. The number of ether oxygens (including phenoxy) is 1. The third-order valence-corrected chi connectivity index (χ3v) is 3.52. The Hall–Kier alpha value is -2.30. The summed E-state index contributed by atoms with van der Waals surface area (Å²) in [5.74, 6) is 2.01. The summed E-state index contributed by atoms with van der Waals surface area (Å²) >= 11 is 0. The smallest absolute Gasteiger partial charge is 0.263 e. The Labute approximate surface area is 123 Å². The Morgan fingerprint density at radius 1 is 1.38 bits per heavy atom. The van der Waals surface area contributed by atoms with Gasteiger partial charge in [0, 0.05) is 12.1 Å². The van der Waals surface area contributed by atoms with Gasteiger partial charge in [0.15, 0.2) is 6.61 Å². The molecular weight excluding hydrogens is 266 g/mol. The molecule has 1 aromatic carbocycles. The van der Waals surface area contributed by atoms with Crippen LogP contribution in [0.15, 0.2) is 36.5 Å². The van der Waals surface area contributed by atoms with Crippen molar-refractivity contribution in [3.63, 3.8) is 0 Å². The molecule has 0 spiro atoms. The maximum atomic E-state index is 12.0. The van der Waals surface area contributed by atoms with E-state index in [9.17, 15) is 4.79 Å². The number of hydrogen-bond acceptors (Lipinski definition) is 3. The average Bonchev–Trinajstić information content (AvgIpc) is 3.26. The Kier molecular flexibility index (Phi) is 3.90. The van der Waals surface area contributed by atoms with Crippen molar-refractivity contribution in [1.29, 1.82) is 0 Å². The molecule has 1 aliphatic rings. The summed E-state index contributed by atoms with van der Waals surface area (Å²) in [4.78, 5) is 12.0. The van der Waals surface area contributed by atoms with Crippen molar-refractivity contribution in [3.8, 4) is 5.75 Å². The summed E-state index contributed by atoms with van der Waals surface area (Å²) in [5.41, 5.74) is 0.976. The Morgan fingerprint density at radius 2 is 2.14 bits per heavy atom. The van der Waals surface area contributed by atoms with E-state index in [1.807, 2.05) is 41.9 Å². The Bertz CT molecular complexity index is 618. The number of para-hydroxylation sites is 1. The van der Waals surface area contributed by atoms with Crippen molar-refractivity contribution in [3.05, 3.63) is 42.1 Å². The summed E-state index contributed by atoms with van der Waals surface area (Å²) in [5, 5.41) is 7.23. The van der Waals surface area contributed by atoms with Gasteiger partial charge in [-0.05, 0) is 37.8 Å². The van der Waals surface area contributed by atoms with E-state index >= 15 is 0 Å². The zero-order valence-corrected chi connectivity index (χ0v) is 12.1. The largest absolute Gasteiger partial charge is 0.484 e. The van der Waals surface area contributed by atoms with Crippen LogP contribution in [-0.2, 0) is 11.3 Å². The SMILES string of the molecule is Cc1cnn(CC2CC2)c1NC(=O)COc1ccccc1. The fraction of sp³-hybridized carbons (Fsp3) is 0.375. The fourth-order valence-electron chi connectivity index (χ4n) is 2.16. The van der Waals surface area contributed by atoms with Crippen molar-refractivity contribution >= 4 is 11.7 Å². The predicted octanol–water partition coefficient (Wildman–Crippen LogP) is 2.62. The molecule has 0 aliphatic heterocycles. The fourth-order valence-corrected chi connectivity index (χ4v) is 2.16. The first-order chi connectivity index (χ1) is 10.2. The zero-order chi connectivity index (χ0) is 14.7. The van der Waals surface area contributed by atoms with Gasteiger partial charge >= 0.3 is 0 Å². The first kappa shape index (κ1) is 13.7. The highest BCUT2D eigenvalue weighted by Crippen LogP contribution is 2.31. The second kappa shape index (κ2) is 5.99. The predicted molar refractivity (Wildman–Crippen MR) is 80.3 cm³/mol. The Morgan fingerprint density at radius 3 is 2.86 bits per heavy atom. The van der Waals surface area contributed by atoms with Crippen LogP contribution in [0, 0.1) is 12.8 Å². The third-order valence-electron chi connectivity index (χ3n) is 3.52. The lowest BCUT2D eigenvalue weighted by atomic mass is 10.3. The highest BCUT2D eigenvalue weighted by atomic mass is 16.5. The summed E-state index contributed by atoms with van der Waals surface area (Å²) in [6, 6.07) is 9.32. The molecule has 1 amide bonds. The summed E-state index contributed by atoms with van der Waals surface area (Å²) < 4.78 is 7.33. The molecule has 1 saturated carbocycles. The van der Waals surface area contributed by atoms with Gasteiger partial charge < -0.3 is 10.1 Å². The van der Waals surface area contributed by atoms with E-state index in [1.165, 1.54) is 12.8 Å². The maximum Gasteiger partial charge on any atom is 0.263 e. The number of nitrogens with zero attached hydrogens (tertiary/aromatic N) is 2. The van der Waals surface area contributed by atoms with Crippen LogP contribution in [0.4, 0.5) is 5.82 Å². The zero-order valence-electron chi connectivity index (χ0n) is 12.1. The Balaban J connectivity index is 1.58. The number of carbonyl (C=O) groups excluding carboxylic acids is 1. The van der Waals surface area contributed by atoms with Crippen molar-refractivity contribution in [2.24, 2.45) is 5.92 Å². The monoisotopic (exact) mass is 285 g/mol. The standard InChI is InChI=1S/C16H19N3O2/c1-12-9-17-19(10-13-7-8-13)16(12)18-15(20)11-21-14-5-3-2-4-6-14/h2-6,9,13H,7-8,10-11H2,1H3,(H,18,20). The summed E-state index contributed by atoms with van der Waals surface area (Å²) in [6.07, 6.45) is 4.29. The minimum absolute atomic E-state index is 0.00192. The van der Waals surface area contributed by atoms with Crippen LogP contribution in [0.2, 0.25) is 0 Å². The topological polar surface area (TPSA) is 56.2 Å². The lowest BCUT2D eigenvalue weighted by Gasteiger charge is -2.10. The molecule has 110 valence electrons. The van der Waals surface area contributed by atoms with Crippen LogP contribution < -0.4 is 10.1 Å². The van der Waals surface area contributed by atoms with E-state index in [4.69, 9.17) is 4.74 Å². The lowest BCUT2D eigenvalue weighted by molar-refractivity contribution is -0.118. The van der Waals surface area contributed by atoms with Gasteiger partial charge in [-0.25, -0.2) is 4.68 Å². The van der Waals surface area contributed by atoms with Gasteiger partial charge in [-0.15, -0.1) is 0 Å². The second-order valence-corrected chi connectivity index (χ2v) is 5.45. The number of rotatable bonds is 6. The number of benzene rings is 1. The molecule has 1 fully saturated rings. The van der Waals surface area contributed by atoms with Crippen LogP contribution in [0.5, 0.6) is 5.75 Å². The molecule has 21 heavy (non-hydrogen) atoms. The van der Waals surface area contributed by atoms with Crippen LogP contribution in [0.3, 0.4) is 0 Å². The van der Waals surface area contributed by atoms with Gasteiger partial charge in [0.25, 0.3) is 5.91 Å². The minimum Gasteiger partial charge on any atom is -0.484 e. The number of aryl methyl sites for hydroxylation is 1. The molecule has 1 aromatic heterocycles. The number of nitrogens with one attached hydrogen (secondary N) is 1. The number of aromatic nitrogens is 2. The number of amides is 1. The molecule has 0 atom stereocenters. The van der Waals surface area contributed by atoms with E-state index in [-0.39, 0.29) is 12.5 Å². The molecule has 5 heteroatoms. The summed E-state index contributed by atoms with van der Waals surface area (Å²) in [6.45, 7) is 2.82. The van der Waals surface area contributed by atoms with Crippen LogP contribution in [-0.4, -0.2) is 22.3 Å². The van der Waals surface area contributed by atoms with Gasteiger partial charge in [0.05, 0.1) is 6.20 Å². The molecule has 0 unspecified atom stereocenters. The van der Waals surface area contributed by atoms with E-state index in [0.29, 0.717) is 11.7 Å². The van der Waals surface area contributed by atoms with Gasteiger partial charge in [-0.1, -0.05) is 18.2 Å². The molecule has 2 aromatic rings. The molecule has 5 nitrogen and oxygen atoms in total. The normalized spacial score (nSPS) is 14.0. The third kappa shape index (κ3) is 3.62. The lowest BCUT2D eigenvalue weighted by Crippen LogP contribution is -2.22. The first-order valence-corrected chi connectivity index (χ1v) is 7.22.